The van der Waals surface area contributed by atoms with Gasteiger partial charge in [-0.25, -0.2) is 4.79 Å². The zero-order chi connectivity index (χ0) is 31.9. The molecule has 5 heterocycles. The Morgan fingerprint density at radius 3 is 2.59 bits per heavy atom. The number of aryl methyl sites for hydroxylation is 1. The van der Waals surface area contributed by atoms with Crippen molar-refractivity contribution in [2.24, 2.45) is 0 Å². The van der Waals surface area contributed by atoms with E-state index in [1.54, 1.807) is 4.90 Å². The molecule has 0 saturated carbocycles. The molecule has 3 fully saturated rings. The number of likely N-dealkylation sites (tertiary alicyclic amines) is 1. The van der Waals surface area contributed by atoms with E-state index < -0.39 is 12.1 Å². The predicted octanol–water partition coefficient (Wildman–Crippen LogP) is 3.27. The summed E-state index contributed by atoms with van der Waals surface area (Å²) in [5.41, 5.74) is 4.43. The Kier molecular flexibility index (Phi) is 8.02. The van der Waals surface area contributed by atoms with Gasteiger partial charge < -0.3 is 29.4 Å². The van der Waals surface area contributed by atoms with Crippen LogP contribution in [0.25, 0.3) is 10.8 Å². The van der Waals surface area contributed by atoms with Gasteiger partial charge in [-0.15, -0.1) is 0 Å². The number of likely N-dealkylation sites (N-methyl/N-ethyl adjacent to an activating group) is 1. The molecule has 4 aliphatic heterocycles. The van der Waals surface area contributed by atoms with E-state index in [1.807, 2.05) is 0 Å². The lowest BCUT2D eigenvalue weighted by Crippen LogP contribution is -2.57. The quantitative estimate of drug-likeness (QED) is 0.391. The first kappa shape index (κ1) is 30.0. The summed E-state index contributed by atoms with van der Waals surface area (Å²) in [6, 6.07) is 14.7. The smallest absolute Gasteiger partial charge is 0.408 e. The normalized spacial score (nSPS) is 22.9. The van der Waals surface area contributed by atoms with Crippen molar-refractivity contribution in [1.29, 1.82) is 5.26 Å². The maximum Gasteiger partial charge on any atom is 0.408 e. The molecule has 3 aromatic rings. The molecule has 240 valence electrons. The number of hydrogen-bond acceptors (Lipinski definition) is 9. The molecule has 0 spiro atoms. The van der Waals surface area contributed by atoms with Gasteiger partial charge in [-0.3, -0.25) is 9.69 Å². The van der Waals surface area contributed by atoms with Crippen molar-refractivity contribution in [2.75, 3.05) is 62.7 Å². The van der Waals surface area contributed by atoms with E-state index in [0.29, 0.717) is 44.8 Å². The number of ether oxygens (including phenoxy) is 1. The zero-order valence-corrected chi connectivity index (χ0v) is 26.4. The first-order valence-electron chi connectivity index (χ1n) is 16.2. The standard InChI is InChI=1S/C34H40N8O4/c1-22-6-3-7-23-8-4-10-28(30(22)23)39-15-12-26-27(19-39)36-33(46-21-25-9-5-14-38(25)2)37-31(26)40-16-17-41(24(18-40)11-13-35)32(43)29-20-42(29)34(44)45/h3-4,6-8,10,24-25,29H,5,9,11-12,14-21H2,1-2H3,(H,44,45)/t24-,25-,29+,42?/m0/s1. The second kappa shape index (κ2) is 12.3. The summed E-state index contributed by atoms with van der Waals surface area (Å²) in [6.07, 6.45) is 2.03. The van der Waals surface area contributed by atoms with Crippen LogP contribution in [0.5, 0.6) is 6.01 Å². The van der Waals surface area contributed by atoms with Gasteiger partial charge in [0.25, 0.3) is 0 Å². The van der Waals surface area contributed by atoms with E-state index in [4.69, 9.17) is 14.7 Å². The van der Waals surface area contributed by atoms with Gasteiger partial charge in [0.15, 0.2) is 0 Å². The monoisotopic (exact) mass is 624 g/mol. The van der Waals surface area contributed by atoms with Crippen molar-refractivity contribution in [3.8, 4) is 12.1 Å². The van der Waals surface area contributed by atoms with Crippen LogP contribution in [0.4, 0.5) is 16.3 Å². The summed E-state index contributed by atoms with van der Waals surface area (Å²) in [7, 11) is 2.12. The van der Waals surface area contributed by atoms with E-state index in [0.717, 1.165) is 54.3 Å². The second-order valence-electron chi connectivity index (χ2n) is 12.9. The van der Waals surface area contributed by atoms with Gasteiger partial charge in [0.05, 0.1) is 37.3 Å². The van der Waals surface area contributed by atoms with Crippen molar-refractivity contribution in [3.05, 3.63) is 53.2 Å². The largest absolute Gasteiger partial charge is 0.465 e. The molecule has 0 aliphatic carbocycles. The van der Waals surface area contributed by atoms with E-state index in [9.17, 15) is 20.0 Å². The highest BCUT2D eigenvalue weighted by Crippen LogP contribution is 2.36. The molecule has 12 nitrogen and oxygen atoms in total. The lowest BCUT2D eigenvalue weighted by molar-refractivity contribution is -0.134. The molecule has 1 N–H and O–H groups in total. The average Bonchev–Trinajstić information content (AvgIpc) is 3.77. The van der Waals surface area contributed by atoms with E-state index in [-0.39, 0.29) is 24.9 Å². The highest BCUT2D eigenvalue weighted by atomic mass is 16.5. The lowest BCUT2D eigenvalue weighted by Gasteiger charge is -2.42. The number of piperazine rings is 1. The number of carboxylic acid groups (broad SMARTS) is 1. The lowest BCUT2D eigenvalue weighted by atomic mass is 9.99. The molecule has 3 saturated heterocycles. The number of benzene rings is 2. The highest BCUT2D eigenvalue weighted by Gasteiger charge is 2.48. The highest BCUT2D eigenvalue weighted by molar-refractivity contribution is 5.97. The van der Waals surface area contributed by atoms with Crippen LogP contribution in [0, 0.1) is 18.3 Å². The number of anilines is 2. The maximum absolute atomic E-state index is 13.3. The third-order valence-electron chi connectivity index (χ3n) is 10.1. The molecule has 7 rings (SSSR count). The minimum Gasteiger partial charge on any atom is -0.465 e. The Bertz CT molecular complexity index is 1700. The number of fused-ring (bicyclic) bond motifs is 2. The summed E-state index contributed by atoms with van der Waals surface area (Å²) >= 11 is 0. The van der Waals surface area contributed by atoms with Crippen LogP contribution in [0.3, 0.4) is 0 Å². The molecule has 12 heteroatoms. The molecule has 0 radical (unpaired) electrons. The van der Waals surface area contributed by atoms with Gasteiger partial charge in [0.1, 0.15) is 18.5 Å². The third kappa shape index (κ3) is 5.64. The fraction of sp³-hybridized carbons (Fsp3) is 0.500. The Morgan fingerprint density at radius 1 is 1.02 bits per heavy atom. The van der Waals surface area contributed by atoms with Crippen LogP contribution in [0.2, 0.25) is 0 Å². The summed E-state index contributed by atoms with van der Waals surface area (Å²) in [6.45, 7) is 6.68. The van der Waals surface area contributed by atoms with Crippen LogP contribution >= 0.6 is 0 Å². The molecule has 0 unspecified atom stereocenters. The van der Waals surface area contributed by atoms with Gasteiger partial charge >= 0.3 is 12.1 Å². The Labute approximate surface area is 268 Å². The van der Waals surface area contributed by atoms with Crippen LogP contribution < -0.4 is 14.5 Å². The van der Waals surface area contributed by atoms with Crippen molar-refractivity contribution < 1.29 is 19.4 Å². The number of hydrogen-bond donors (Lipinski definition) is 1. The maximum atomic E-state index is 13.3. The van der Waals surface area contributed by atoms with E-state index in [2.05, 4.69) is 71.1 Å². The van der Waals surface area contributed by atoms with Gasteiger partial charge in [-0.2, -0.15) is 15.2 Å². The Balaban J connectivity index is 1.19. The first-order valence-corrected chi connectivity index (χ1v) is 16.2. The molecule has 3 atom stereocenters. The molecule has 46 heavy (non-hydrogen) atoms. The number of rotatable bonds is 7. The first-order chi connectivity index (χ1) is 22.3. The van der Waals surface area contributed by atoms with Gasteiger partial charge in [-0.05, 0) is 56.8 Å². The summed E-state index contributed by atoms with van der Waals surface area (Å²) in [5, 5.41) is 21.4. The number of carbonyl (C=O) groups excluding carboxylic acids is 1. The fourth-order valence-electron chi connectivity index (χ4n) is 7.42. The molecule has 1 aromatic heterocycles. The van der Waals surface area contributed by atoms with Crippen LogP contribution in [0.15, 0.2) is 36.4 Å². The Morgan fingerprint density at radius 2 is 1.85 bits per heavy atom. The van der Waals surface area contributed by atoms with Crippen molar-refractivity contribution in [2.45, 2.75) is 57.3 Å². The number of nitriles is 1. The van der Waals surface area contributed by atoms with Crippen molar-refractivity contribution >= 4 is 34.3 Å². The van der Waals surface area contributed by atoms with Crippen molar-refractivity contribution in [1.82, 2.24) is 24.7 Å². The van der Waals surface area contributed by atoms with Crippen LogP contribution in [-0.2, 0) is 17.8 Å². The minimum absolute atomic E-state index is 0.154. The Hall–Kier alpha value is -4.63. The fourth-order valence-corrected chi connectivity index (χ4v) is 7.42. The number of aromatic nitrogens is 2. The topological polar surface area (TPSA) is 129 Å². The molecule has 4 aliphatic rings. The average molecular weight is 625 g/mol. The number of nitrogens with zero attached hydrogens (tertiary/aromatic N) is 8. The summed E-state index contributed by atoms with van der Waals surface area (Å²) in [4.78, 5) is 44.3. The summed E-state index contributed by atoms with van der Waals surface area (Å²) in [5.74, 6) is 0.583. The minimum atomic E-state index is -1.09. The molecule has 2 amide bonds. The van der Waals surface area contributed by atoms with Crippen LogP contribution in [-0.4, -0.2) is 113 Å². The molecular formula is C34H40N8O4. The molecule has 0 bridgehead atoms. The second-order valence-corrected chi connectivity index (χ2v) is 12.9. The number of carbonyl (C=O) groups is 2. The molecule has 2 aromatic carbocycles. The van der Waals surface area contributed by atoms with E-state index in [1.165, 1.54) is 22.0 Å². The predicted molar refractivity (Wildman–Crippen MR) is 173 cm³/mol. The van der Waals surface area contributed by atoms with Gasteiger partial charge in [0.2, 0.25) is 5.91 Å². The van der Waals surface area contributed by atoms with Gasteiger partial charge in [0, 0.05) is 48.9 Å². The third-order valence-corrected chi connectivity index (χ3v) is 10.1. The SMILES string of the molecule is Cc1cccc2cccc(N3CCc4c(nc(OC[C@@H]5CCCN5C)nc4N4CCN(C(=O)[C@H]5CN5C(=O)O)[C@@H](CC#N)C4)C3)c12. The van der Waals surface area contributed by atoms with Crippen molar-refractivity contribution in [3.63, 3.8) is 0 Å². The van der Waals surface area contributed by atoms with Gasteiger partial charge in [-0.1, -0.05) is 30.3 Å². The van der Waals surface area contributed by atoms with E-state index >= 15 is 0 Å². The van der Waals surface area contributed by atoms with Crippen LogP contribution in [0.1, 0.15) is 36.1 Å². The number of amides is 2. The molecular weight excluding hydrogens is 584 g/mol. The zero-order valence-electron chi connectivity index (χ0n) is 26.4. The summed E-state index contributed by atoms with van der Waals surface area (Å²) < 4.78 is 6.31.